The van der Waals surface area contributed by atoms with Crippen molar-refractivity contribution in [3.63, 3.8) is 0 Å². The van der Waals surface area contributed by atoms with Gasteiger partial charge >= 0.3 is 0 Å². The van der Waals surface area contributed by atoms with Gasteiger partial charge in [0.05, 0.1) is 11.0 Å². The van der Waals surface area contributed by atoms with E-state index in [-0.39, 0.29) is 11.7 Å². The van der Waals surface area contributed by atoms with Crippen molar-refractivity contribution in [1.82, 2.24) is 4.98 Å². The minimum absolute atomic E-state index is 0.0484. The fraction of sp³-hybridized carbons (Fsp3) is 0.154. The molecule has 0 radical (unpaired) electrons. The molecule has 2 aromatic rings. The van der Waals surface area contributed by atoms with Crippen molar-refractivity contribution in [2.24, 2.45) is 0 Å². The molecule has 0 unspecified atom stereocenters. The minimum Gasteiger partial charge on any atom is -0.363 e. The molecule has 1 heterocycles. The molecule has 0 spiro atoms. The summed E-state index contributed by atoms with van der Waals surface area (Å²) in [5.74, 6) is 0.536. The summed E-state index contributed by atoms with van der Waals surface area (Å²) in [6, 6.07) is 8.09. The normalized spacial score (nSPS) is 11.9. The van der Waals surface area contributed by atoms with Gasteiger partial charge in [-0.25, -0.2) is 4.98 Å². The first kappa shape index (κ1) is 14.6. The number of halogens is 2. The molecule has 1 N–H and O–H groups in total. The molecule has 7 heteroatoms. The van der Waals surface area contributed by atoms with Crippen LogP contribution in [-0.4, -0.2) is 9.91 Å². The fourth-order valence-corrected chi connectivity index (χ4v) is 2.30. The Balaban J connectivity index is 2.14. The second-order valence-electron chi connectivity index (χ2n) is 4.19. The molecule has 0 saturated carbocycles. The van der Waals surface area contributed by atoms with Gasteiger partial charge < -0.3 is 5.32 Å². The first-order chi connectivity index (χ1) is 9.47. The van der Waals surface area contributed by atoms with Crippen LogP contribution in [0, 0.1) is 10.1 Å². The van der Waals surface area contributed by atoms with Crippen molar-refractivity contribution in [3.05, 3.63) is 62.3 Å². The second kappa shape index (κ2) is 6.07. The van der Waals surface area contributed by atoms with Crippen LogP contribution in [0.3, 0.4) is 0 Å². The Labute approximate surface area is 125 Å². The molecular formula is C13H11Cl2N3O2. The zero-order chi connectivity index (χ0) is 14.7. The molecule has 1 aromatic heterocycles. The van der Waals surface area contributed by atoms with Gasteiger partial charge in [0.15, 0.2) is 0 Å². The Morgan fingerprint density at radius 1 is 1.30 bits per heavy atom. The number of hydrogen-bond donors (Lipinski definition) is 1. The maximum Gasteiger partial charge on any atom is 0.287 e. The van der Waals surface area contributed by atoms with E-state index < -0.39 is 4.92 Å². The van der Waals surface area contributed by atoms with E-state index in [2.05, 4.69) is 10.3 Å². The van der Waals surface area contributed by atoms with E-state index in [1.54, 1.807) is 18.2 Å². The molecule has 0 fully saturated rings. The van der Waals surface area contributed by atoms with Gasteiger partial charge in [0.2, 0.25) is 0 Å². The summed E-state index contributed by atoms with van der Waals surface area (Å²) in [6.07, 6.45) is 1.21. The molecule has 1 atom stereocenters. The Morgan fingerprint density at radius 3 is 2.60 bits per heavy atom. The number of pyridine rings is 1. The zero-order valence-electron chi connectivity index (χ0n) is 10.5. The molecule has 2 rings (SSSR count). The monoisotopic (exact) mass is 311 g/mol. The van der Waals surface area contributed by atoms with Crippen LogP contribution < -0.4 is 5.32 Å². The van der Waals surface area contributed by atoms with Crippen molar-refractivity contribution in [2.45, 2.75) is 13.0 Å². The molecule has 1 aromatic carbocycles. The molecule has 0 aliphatic rings. The lowest BCUT2D eigenvalue weighted by Gasteiger charge is -2.16. The Bertz CT molecular complexity index is 632. The third-order valence-electron chi connectivity index (χ3n) is 2.75. The van der Waals surface area contributed by atoms with E-state index in [0.717, 1.165) is 5.56 Å². The molecule has 20 heavy (non-hydrogen) atoms. The predicted molar refractivity (Wildman–Crippen MR) is 79.4 cm³/mol. The number of nitrogens with zero attached hydrogens (tertiary/aromatic N) is 2. The lowest BCUT2D eigenvalue weighted by Crippen LogP contribution is -2.08. The highest BCUT2D eigenvalue weighted by Crippen LogP contribution is 2.28. The lowest BCUT2D eigenvalue weighted by molar-refractivity contribution is -0.385. The molecule has 0 bridgehead atoms. The van der Waals surface area contributed by atoms with Gasteiger partial charge in [0, 0.05) is 16.1 Å². The van der Waals surface area contributed by atoms with Crippen molar-refractivity contribution < 1.29 is 4.92 Å². The fourth-order valence-electron chi connectivity index (χ4n) is 1.73. The quantitative estimate of drug-likeness (QED) is 0.668. The summed E-state index contributed by atoms with van der Waals surface area (Å²) in [5.41, 5.74) is 0.823. The number of anilines is 1. The van der Waals surface area contributed by atoms with Gasteiger partial charge in [-0.05, 0) is 30.7 Å². The third kappa shape index (κ3) is 3.37. The van der Waals surface area contributed by atoms with Gasteiger partial charge in [-0.2, -0.15) is 0 Å². The van der Waals surface area contributed by atoms with Crippen molar-refractivity contribution in [1.29, 1.82) is 0 Å². The first-order valence-corrected chi connectivity index (χ1v) is 6.55. The van der Waals surface area contributed by atoms with E-state index in [1.807, 2.05) is 13.0 Å². The largest absolute Gasteiger partial charge is 0.363 e. The summed E-state index contributed by atoms with van der Waals surface area (Å²) >= 11 is 12.0. The van der Waals surface area contributed by atoms with Crippen LogP contribution in [0.25, 0.3) is 0 Å². The van der Waals surface area contributed by atoms with Crippen LogP contribution in [-0.2, 0) is 0 Å². The van der Waals surface area contributed by atoms with Crippen LogP contribution in [0.1, 0.15) is 18.5 Å². The third-order valence-corrected chi connectivity index (χ3v) is 3.31. The van der Waals surface area contributed by atoms with Crippen LogP contribution >= 0.6 is 23.2 Å². The van der Waals surface area contributed by atoms with E-state index in [4.69, 9.17) is 23.2 Å². The number of aromatic nitrogens is 1. The molecule has 104 valence electrons. The summed E-state index contributed by atoms with van der Waals surface area (Å²) < 4.78 is 0. The minimum atomic E-state index is -0.490. The highest BCUT2D eigenvalue weighted by molar-refractivity contribution is 6.35. The van der Waals surface area contributed by atoms with Gasteiger partial charge in [0.1, 0.15) is 12.0 Å². The summed E-state index contributed by atoms with van der Waals surface area (Å²) in [6.45, 7) is 1.91. The van der Waals surface area contributed by atoms with E-state index >= 15 is 0 Å². The number of hydrogen-bond acceptors (Lipinski definition) is 4. The van der Waals surface area contributed by atoms with Gasteiger partial charge in [-0.3, -0.25) is 10.1 Å². The lowest BCUT2D eigenvalue weighted by atomic mass is 10.1. The standard InChI is InChI=1S/C13H11Cl2N3O2/c1-8(11-4-2-9(14)6-12(11)15)17-13-5-3-10(7-16-13)18(19)20/h2-8H,1H3,(H,16,17)/t8-/m1/s1. The average molecular weight is 312 g/mol. The van der Waals surface area contributed by atoms with Crippen LogP contribution in [0.5, 0.6) is 0 Å². The molecule has 0 aliphatic carbocycles. The van der Waals surface area contributed by atoms with Crippen LogP contribution in [0.4, 0.5) is 11.5 Å². The summed E-state index contributed by atoms with van der Waals surface area (Å²) in [7, 11) is 0. The van der Waals surface area contributed by atoms with E-state index in [9.17, 15) is 10.1 Å². The smallest absolute Gasteiger partial charge is 0.287 e. The average Bonchev–Trinajstić information content (AvgIpc) is 2.39. The van der Waals surface area contributed by atoms with Gasteiger partial charge in [-0.1, -0.05) is 29.3 Å². The van der Waals surface area contributed by atoms with Gasteiger partial charge in [0.25, 0.3) is 5.69 Å². The maximum atomic E-state index is 10.5. The molecule has 0 saturated heterocycles. The van der Waals surface area contributed by atoms with Gasteiger partial charge in [-0.15, -0.1) is 0 Å². The SMILES string of the molecule is C[C@@H](Nc1ccc([N+](=O)[O-])cn1)c1ccc(Cl)cc1Cl. The molecule has 5 nitrogen and oxygen atoms in total. The number of benzene rings is 1. The number of nitro groups is 1. The Morgan fingerprint density at radius 2 is 2.05 bits per heavy atom. The molecule has 0 aliphatic heterocycles. The number of rotatable bonds is 4. The zero-order valence-corrected chi connectivity index (χ0v) is 12.0. The molecule has 0 amide bonds. The van der Waals surface area contributed by atoms with Crippen molar-refractivity contribution in [3.8, 4) is 0 Å². The van der Waals surface area contributed by atoms with Crippen molar-refractivity contribution in [2.75, 3.05) is 5.32 Å². The van der Waals surface area contributed by atoms with Crippen molar-refractivity contribution >= 4 is 34.7 Å². The van der Waals surface area contributed by atoms with Crippen LogP contribution in [0.15, 0.2) is 36.5 Å². The highest BCUT2D eigenvalue weighted by atomic mass is 35.5. The predicted octanol–water partition coefficient (Wildman–Crippen LogP) is 4.47. The van der Waals surface area contributed by atoms with E-state index in [1.165, 1.54) is 12.3 Å². The topological polar surface area (TPSA) is 68.1 Å². The second-order valence-corrected chi connectivity index (χ2v) is 5.03. The molecular weight excluding hydrogens is 301 g/mol. The first-order valence-electron chi connectivity index (χ1n) is 5.79. The summed E-state index contributed by atoms with van der Waals surface area (Å²) in [4.78, 5) is 14.0. The highest BCUT2D eigenvalue weighted by Gasteiger charge is 2.11. The van der Waals surface area contributed by atoms with E-state index in [0.29, 0.717) is 15.9 Å². The van der Waals surface area contributed by atoms with Crippen LogP contribution in [0.2, 0.25) is 10.0 Å². The Kier molecular flexibility index (Phi) is 4.42. The Hall–Kier alpha value is -1.85. The summed E-state index contributed by atoms with van der Waals surface area (Å²) in [5, 5.41) is 14.8. The number of nitrogens with one attached hydrogen (secondary N) is 1. The maximum absolute atomic E-state index is 10.5.